The predicted molar refractivity (Wildman–Crippen MR) is 59.1 cm³/mol. The van der Waals surface area contributed by atoms with Crippen LogP contribution in [0.3, 0.4) is 0 Å². The highest BCUT2D eigenvalue weighted by atomic mass is 16.4. The number of hydrogen-bond donors (Lipinski definition) is 2. The monoisotopic (exact) mass is 238 g/mol. The number of nitrogens with zero attached hydrogens (tertiary/aromatic N) is 3. The van der Waals surface area contributed by atoms with Crippen molar-refractivity contribution in [1.82, 2.24) is 20.1 Å². The fraction of sp³-hybridized carbons (Fsp3) is 0.400. The van der Waals surface area contributed by atoms with Gasteiger partial charge in [-0.05, 0) is 13.3 Å². The van der Waals surface area contributed by atoms with Crippen LogP contribution < -0.4 is 5.32 Å². The molecular formula is C10H14N4O3. The second-order valence-electron chi connectivity index (χ2n) is 3.48. The number of carbonyl (C=O) groups excluding carboxylic acids is 1. The first-order valence-electron chi connectivity index (χ1n) is 5.04. The van der Waals surface area contributed by atoms with Gasteiger partial charge in [0.05, 0.1) is 0 Å². The van der Waals surface area contributed by atoms with Gasteiger partial charge in [0.2, 0.25) is 5.91 Å². The van der Waals surface area contributed by atoms with Crippen molar-refractivity contribution >= 4 is 11.9 Å². The van der Waals surface area contributed by atoms with Crippen LogP contribution in [0.25, 0.3) is 0 Å². The molecule has 92 valence electrons. The van der Waals surface area contributed by atoms with Crippen LogP contribution in [-0.4, -0.2) is 37.8 Å². The van der Waals surface area contributed by atoms with Gasteiger partial charge in [-0.15, -0.1) is 6.58 Å². The maximum atomic E-state index is 11.7. The van der Waals surface area contributed by atoms with Crippen LogP contribution >= 0.6 is 0 Å². The molecule has 0 aliphatic carbocycles. The minimum absolute atomic E-state index is 0.172. The van der Waals surface area contributed by atoms with Gasteiger partial charge >= 0.3 is 5.97 Å². The zero-order valence-corrected chi connectivity index (χ0v) is 9.41. The molecule has 2 N–H and O–H groups in total. The molecule has 0 aliphatic rings. The Balaban J connectivity index is 2.64. The van der Waals surface area contributed by atoms with E-state index in [1.807, 2.05) is 0 Å². The highest BCUT2D eigenvalue weighted by Gasteiger charge is 2.22. The molecule has 17 heavy (non-hydrogen) atoms. The molecule has 0 aliphatic heterocycles. The third-order valence-corrected chi connectivity index (χ3v) is 2.23. The summed E-state index contributed by atoms with van der Waals surface area (Å²) in [7, 11) is 0. The Labute approximate surface area is 98.2 Å². The minimum Gasteiger partial charge on any atom is -0.480 e. The van der Waals surface area contributed by atoms with E-state index < -0.39 is 24.0 Å². The average molecular weight is 238 g/mol. The Morgan fingerprint density at radius 1 is 1.65 bits per heavy atom. The first-order chi connectivity index (χ1) is 8.06. The van der Waals surface area contributed by atoms with Crippen molar-refractivity contribution in [2.75, 3.05) is 0 Å². The number of rotatable bonds is 6. The Morgan fingerprint density at radius 2 is 2.35 bits per heavy atom. The lowest BCUT2D eigenvalue weighted by molar-refractivity contribution is -0.142. The number of carboxylic acids is 1. The van der Waals surface area contributed by atoms with Crippen LogP contribution in [0.4, 0.5) is 0 Å². The van der Waals surface area contributed by atoms with E-state index in [0.29, 0.717) is 0 Å². The van der Waals surface area contributed by atoms with Crippen LogP contribution in [0, 0.1) is 0 Å². The number of amides is 1. The lowest BCUT2D eigenvalue weighted by Gasteiger charge is -2.16. The first kappa shape index (κ1) is 12.9. The second-order valence-corrected chi connectivity index (χ2v) is 3.48. The normalized spacial score (nSPS) is 13.7. The molecular weight excluding hydrogens is 224 g/mol. The summed E-state index contributed by atoms with van der Waals surface area (Å²) in [5, 5.41) is 15.1. The number of carbonyl (C=O) groups is 2. The molecule has 1 amide bonds. The van der Waals surface area contributed by atoms with Crippen molar-refractivity contribution in [3.05, 3.63) is 25.3 Å². The largest absolute Gasteiger partial charge is 0.480 e. The maximum absolute atomic E-state index is 11.7. The Kier molecular flexibility index (Phi) is 4.38. The summed E-state index contributed by atoms with van der Waals surface area (Å²) >= 11 is 0. The highest BCUT2D eigenvalue weighted by Crippen LogP contribution is 2.03. The summed E-state index contributed by atoms with van der Waals surface area (Å²) in [6.45, 7) is 5.05. The van der Waals surface area contributed by atoms with Crippen LogP contribution in [0.5, 0.6) is 0 Å². The van der Waals surface area contributed by atoms with Crippen LogP contribution in [-0.2, 0) is 9.59 Å². The van der Waals surface area contributed by atoms with Gasteiger partial charge in [-0.1, -0.05) is 6.08 Å². The van der Waals surface area contributed by atoms with Crippen molar-refractivity contribution in [1.29, 1.82) is 0 Å². The van der Waals surface area contributed by atoms with E-state index in [4.69, 9.17) is 5.11 Å². The molecule has 1 heterocycles. The average Bonchev–Trinajstić information content (AvgIpc) is 2.80. The number of hydrogen-bond acceptors (Lipinski definition) is 4. The lowest BCUT2D eigenvalue weighted by atomic mass is 10.2. The zero-order chi connectivity index (χ0) is 12.8. The van der Waals surface area contributed by atoms with Crippen molar-refractivity contribution in [2.45, 2.75) is 25.4 Å². The Morgan fingerprint density at radius 3 is 2.82 bits per heavy atom. The van der Waals surface area contributed by atoms with Gasteiger partial charge in [-0.25, -0.2) is 14.5 Å². The van der Waals surface area contributed by atoms with Gasteiger partial charge in [-0.3, -0.25) is 4.79 Å². The number of aliphatic carboxylic acids is 1. The lowest BCUT2D eigenvalue weighted by Crippen LogP contribution is -2.43. The molecule has 7 nitrogen and oxygen atoms in total. The van der Waals surface area contributed by atoms with Crippen molar-refractivity contribution in [3.8, 4) is 0 Å². The third kappa shape index (κ3) is 3.40. The van der Waals surface area contributed by atoms with E-state index in [9.17, 15) is 9.59 Å². The predicted octanol–water partition coefficient (Wildman–Crippen LogP) is -0.0154. The van der Waals surface area contributed by atoms with E-state index in [2.05, 4.69) is 22.0 Å². The molecule has 0 fully saturated rings. The van der Waals surface area contributed by atoms with Gasteiger partial charge in [0, 0.05) is 0 Å². The summed E-state index contributed by atoms with van der Waals surface area (Å²) < 4.78 is 1.35. The summed E-state index contributed by atoms with van der Waals surface area (Å²) in [6, 6.07) is -1.57. The van der Waals surface area contributed by atoms with E-state index in [-0.39, 0.29) is 6.42 Å². The molecule has 1 aromatic rings. The number of nitrogens with one attached hydrogen (secondary N) is 1. The molecule has 1 aromatic heterocycles. The zero-order valence-electron chi connectivity index (χ0n) is 9.41. The fourth-order valence-corrected chi connectivity index (χ4v) is 1.22. The Hall–Kier alpha value is -2.18. The summed E-state index contributed by atoms with van der Waals surface area (Å²) in [5.41, 5.74) is 0. The van der Waals surface area contributed by atoms with Gasteiger partial charge in [-0.2, -0.15) is 5.10 Å². The summed E-state index contributed by atoms with van der Waals surface area (Å²) in [4.78, 5) is 26.3. The summed E-state index contributed by atoms with van der Waals surface area (Å²) in [6.07, 6.45) is 4.32. The molecule has 0 radical (unpaired) electrons. The molecule has 1 rings (SSSR count). The molecule has 2 atom stereocenters. The molecule has 0 saturated carbocycles. The fourth-order valence-electron chi connectivity index (χ4n) is 1.22. The standard InChI is InChI=1S/C10H14N4O3/c1-3-4-8(10(16)17)13-9(15)7(2)14-6-11-5-12-14/h3,5-8H,1,4H2,2H3,(H,13,15)(H,16,17). The van der Waals surface area contributed by atoms with E-state index in [1.165, 1.54) is 23.4 Å². The second kappa shape index (κ2) is 5.78. The molecule has 7 heteroatoms. The molecule has 0 saturated heterocycles. The van der Waals surface area contributed by atoms with Gasteiger partial charge in [0.25, 0.3) is 0 Å². The van der Waals surface area contributed by atoms with Crippen LogP contribution in [0.15, 0.2) is 25.3 Å². The van der Waals surface area contributed by atoms with Crippen molar-refractivity contribution in [2.24, 2.45) is 0 Å². The van der Waals surface area contributed by atoms with Gasteiger partial charge in [0.15, 0.2) is 0 Å². The smallest absolute Gasteiger partial charge is 0.326 e. The molecule has 0 aromatic carbocycles. The van der Waals surface area contributed by atoms with Crippen LogP contribution in [0.2, 0.25) is 0 Å². The number of aromatic nitrogens is 3. The van der Waals surface area contributed by atoms with Gasteiger partial charge in [0.1, 0.15) is 24.7 Å². The Bertz CT molecular complexity index is 402. The van der Waals surface area contributed by atoms with E-state index >= 15 is 0 Å². The molecule has 0 bridgehead atoms. The molecule has 0 spiro atoms. The van der Waals surface area contributed by atoms with E-state index in [0.717, 1.165) is 0 Å². The SMILES string of the molecule is C=CCC(NC(=O)C(C)n1cncn1)C(=O)O. The summed E-state index contributed by atoms with van der Waals surface area (Å²) in [5.74, 6) is -1.52. The first-order valence-corrected chi connectivity index (χ1v) is 5.04. The quantitative estimate of drug-likeness (QED) is 0.679. The number of carboxylic acid groups (broad SMARTS) is 1. The highest BCUT2D eigenvalue weighted by molar-refractivity contribution is 5.85. The molecule has 2 unspecified atom stereocenters. The topological polar surface area (TPSA) is 97.1 Å². The van der Waals surface area contributed by atoms with E-state index in [1.54, 1.807) is 6.92 Å². The van der Waals surface area contributed by atoms with Gasteiger partial charge < -0.3 is 10.4 Å². The van der Waals surface area contributed by atoms with Crippen molar-refractivity contribution < 1.29 is 14.7 Å². The minimum atomic E-state index is -1.09. The maximum Gasteiger partial charge on any atom is 0.326 e. The van der Waals surface area contributed by atoms with Crippen molar-refractivity contribution in [3.63, 3.8) is 0 Å². The third-order valence-electron chi connectivity index (χ3n) is 2.23. The van der Waals surface area contributed by atoms with Crippen LogP contribution in [0.1, 0.15) is 19.4 Å².